The summed E-state index contributed by atoms with van der Waals surface area (Å²) in [5.74, 6) is 1.14. The fraction of sp³-hybridized carbons (Fsp3) is 0.933. The van der Waals surface area contributed by atoms with Gasteiger partial charge in [-0.3, -0.25) is 0 Å². The number of ether oxygens (including phenoxy) is 1. The van der Waals surface area contributed by atoms with Gasteiger partial charge in [0, 0.05) is 18.6 Å². The van der Waals surface area contributed by atoms with E-state index < -0.39 is 5.60 Å². The average Bonchev–Trinajstić information content (AvgIpc) is 2.69. The Labute approximate surface area is 117 Å². The molecule has 1 saturated carbocycles. The minimum Gasteiger partial charge on any atom is -0.444 e. The summed E-state index contributed by atoms with van der Waals surface area (Å²) < 4.78 is 5.39. The number of carbonyl (C=O) groups excluding carboxylic acids is 1. The van der Waals surface area contributed by atoms with Crippen LogP contribution in [0.4, 0.5) is 4.79 Å². The van der Waals surface area contributed by atoms with Gasteiger partial charge in [0.15, 0.2) is 0 Å². The number of nitrogens with two attached hydrogens (primary N) is 1. The molecule has 19 heavy (non-hydrogen) atoms. The molecule has 0 aromatic carbocycles. The third-order valence-electron chi connectivity index (χ3n) is 3.81. The molecule has 4 nitrogen and oxygen atoms in total. The first-order valence-electron chi connectivity index (χ1n) is 7.46. The highest BCUT2D eigenvalue weighted by Gasteiger charge is 2.51. The Bertz CT molecular complexity index is 325. The summed E-state index contributed by atoms with van der Waals surface area (Å²) in [4.78, 5) is 13.7. The second-order valence-electron chi connectivity index (χ2n) is 6.84. The minimum atomic E-state index is -0.427. The quantitative estimate of drug-likeness (QED) is 0.736. The van der Waals surface area contributed by atoms with Gasteiger partial charge >= 0.3 is 6.09 Å². The highest BCUT2D eigenvalue weighted by molar-refractivity contribution is 5.69. The van der Waals surface area contributed by atoms with E-state index in [1.165, 1.54) is 0 Å². The van der Waals surface area contributed by atoms with Gasteiger partial charge in [0.2, 0.25) is 0 Å². The number of likely N-dealkylation sites (tertiary alicyclic amines) is 1. The van der Waals surface area contributed by atoms with Crippen LogP contribution in [-0.4, -0.2) is 35.2 Å². The van der Waals surface area contributed by atoms with E-state index in [1.54, 1.807) is 4.90 Å². The Kier molecular flexibility index (Phi) is 4.88. The Morgan fingerprint density at radius 3 is 2.42 bits per heavy atom. The summed E-state index contributed by atoms with van der Waals surface area (Å²) >= 11 is 0. The maximum atomic E-state index is 12.0. The van der Waals surface area contributed by atoms with E-state index in [9.17, 15) is 4.79 Å². The van der Waals surface area contributed by atoms with Crippen LogP contribution in [0.15, 0.2) is 0 Å². The molecule has 2 N–H and O–H groups in total. The summed E-state index contributed by atoms with van der Waals surface area (Å²) in [5.41, 5.74) is 5.80. The van der Waals surface area contributed by atoms with E-state index in [2.05, 4.69) is 6.92 Å². The molecule has 0 spiro atoms. The number of fused-ring (bicyclic) bond motifs is 1. The van der Waals surface area contributed by atoms with Gasteiger partial charge in [0.05, 0.1) is 0 Å². The Morgan fingerprint density at radius 1 is 1.37 bits per heavy atom. The molecule has 112 valence electrons. The smallest absolute Gasteiger partial charge is 0.410 e. The largest absolute Gasteiger partial charge is 0.444 e. The third kappa shape index (κ3) is 3.85. The van der Waals surface area contributed by atoms with E-state index in [0.717, 1.165) is 19.4 Å². The Balaban J connectivity index is 0.000000861. The molecule has 4 heteroatoms. The minimum absolute atomic E-state index is 0.170. The van der Waals surface area contributed by atoms with Crippen molar-refractivity contribution in [3.63, 3.8) is 0 Å². The summed E-state index contributed by atoms with van der Waals surface area (Å²) in [6, 6.07) is 0. The molecule has 1 aliphatic heterocycles. The van der Waals surface area contributed by atoms with Crippen molar-refractivity contribution in [3.8, 4) is 0 Å². The lowest BCUT2D eigenvalue weighted by Gasteiger charge is -2.26. The van der Waals surface area contributed by atoms with Crippen LogP contribution in [0.3, 0.4) is 0 Å². The molecule has 1 heterocycles. The highest BCUT2D eigenvalue weighted by Crippen LogP contribution is 2.43. The van der Waals surface area contributed by atoms with Crippen LogP contribution in [0, 0.1) is 11.8 Å². The number of carbonyl (C=O) groups is 1. The third-order valence-corrected chi connectivity index (χ3v) is 3.81. The fourth-order valence-corrected chi connectivity index (χ4v) is 3.22. The zero-order valence-corrected chi connectivity index (χ0v) is 13.3. The van der Waals surface area contributed by atoms with Crippen LogP contribution >= 0.6 is 0 Å². The van der Waals surface area contributed by atoms with Gasteiger partial charge in [-0.1, -0.05) is 20.8 Å². The van der Waals surface area contributed by atoms with Gasteiger partial charge < -0.3 is 15.4 Å². The number of amides is 1. The second-order valence-corrected chi connectivity index (χ2v) is 6.84. The summed E-state index contributed by atoms with van der Waals surface area (Å²) in [7, 11) is 0. The molecule has 1 unspecified atom stereocenters. The zero-order chi connectivity index (χ0) is 14.8. The first-order valence-corrected chi connectivity index (χ1v) is 7.46. The van der Waals surface area contributed by atoms with Gasteiger partial charge in [-0.15, -0.1) is 0 Å². The van der Waals surface area contributed by atoms with Crippen molar-refractivity contribution in [3.05, 3.63) is 0 Å². The maximum absolute atomic E-state index is 12.0. The molecule has 2 rings (SSSR count). The maximum Gasteiger partial charge on any atom is 0.410 e. The van der Waals surface area contributed by atoms with E-state index in [0.29, 0.717) is 18.4 Å². The van der Waals surface area contributed by atoms with Crippen molar-refractivity contribution in [2.45, 2.75) is 65.5 Å². The summed E-state index contributed by atoms with van der Waals surface area (Å²) in [6.45, 7) is 13.3. The van der Waals surface area contributed by atoms with Crippen molar-refractivity contribution >= 4 is 6.09 Å². The number of hydrogen-bond acceptors (Lipinski definition) is 3. The van der Waals surface area contributed by atoms with Crippen molar-refractivity contribution in [1.82, 2.24) is 4.90 Å². The van der Waals surface area contributed by atoms with Crippen LogP contribution in [0.1, 0.15) is 54.4 Å². The fourth-order valence-electron chi connectivity index (χ4n) is 3.22. The molecule has 1 saturated heterocycles. The van der Waals surface area contributed by atoms with Crippen LogP contribution in [0.25, 0.3) is 0 Å². The number of nitrogens with zero attached hydrogens (tertiary/aromatic N) is 1. The first-order chi connectivity index (χ1) is 8.70. The molecule has 0 radical (unpaired) electrons. The molecule has 0 bridgehead atoms. The zero-order valence-electron chi connectivity index (χ0n) is 13.3. The molecular formula is C15H30N2O2. The molecule has 1 aliphatic carbocycles. The molecule has 0 aromatic rings. The standard InChI is InChI=1S/C13H24N2O2.C2H6/c1-9-5-10-7-15(8-13(10,14)6-9)11(16)17-12(2,3)4;1-2/h9-10H,5-8,14H2,1-4H3;1-2H3/t9?,10-,13-;/m0./s1. The number of rotatable bonds is 0. The lowest BCUT2D eigenvalue weighted by atomic mass is 9.92. The highest BCUT2D eigenvalue weighted by atomic mass is 16.6. The van der Waals surface area contributed by atoms with Crippen LogP contribution in [0.2, 0.25) is 0 Å². The molecule has 2 aliphatic rings. The Morgan fingerprint density at radius 2 is 1.95 bits per heavy atom. The SMILES string of the molecule is CC.CC1C[C@H]2CN(C(=O)OC(C)(C)C)C[C@@]2(N)C1. The summed E-state index contributed by atoms with van der Waals surface area (Å²) in [6.07, 6.45) is 1.94. The van der Waals surface area contributed by atoms with Gasteiger partial charge in [0.25, 0.3) is 0 Å². The first kappa shape index (κ1) is 16.3. The van der Waals surface area contributed by atoms with Crippen molar-refractivity contribution in [1.29, 1.82) is 0 Å². The van der Waals surface area contributed by atoms with Crippen LogP contribution in [-0.2, 0) is 4.74 Å². The van der Waals surface area contributed by atoms with E-state index >= 15 is 0 Å². The number of hydrogen-bond donors (Lipinski definition) is 1. The molecule has 1 amide bonds. The Hall–Kier alpha value is -0.770. The van der Waals surface area contributed by atoms with Gasteiger partial charge in [-0.05, 0) is 45.4 Å². The molecule has 2 fully saturated rings. The predicted molar refractivity (Wildman–Crippen MR) is 78.0 cm³/mol. The van der Waals surface area contributed by atoms with E-state index in [1.807, 2.05) is 34.6 Å². The lowest BCUT2D eigenvalue weighted by Crippen LogP contribution is -2.45. The molecular weight excluding hydrogens is 240 g/mol. The van der Waals surface area contributed by atoms with Gasteiger partial charge in [0.1, 0.15) is 5.60 Å². The molecule has 3 atom stereocenters. The van der Waals surface area contributed by atoms with Crippen LogP contribution in [0.5, 0.6) is 0 Å². The van der Waals surface area contributed by atoms with E-state index in [-0.39, 0.29) is 11.6 Å². The topological polar surface area (TPSA) is 55.6 Å². The lowest BCUT2D eigenvalue weighted by molar-refractivity contribution is 0.0275. The van der Waals surface area contributed by atoms with Crippen LogP contribution < -0.4 is 5.73 Å². The van der Waals surface area contributed by atoms with Crippen molar-refractivity contribution in [2.75, 3.05) is 13.1 Å². The van der Waals surface area contributed by atoms with Gasteiger partial charge in [-0.25, -0.2) is 4.79 Å². The second kappa shape index (κ2) is 5.70. The van der Waals surface area contributed by atoms with Crippen molar-refractivity contribution in [2.24, 2.45) is 17.6 Å². The monoisotopic (exact) mass is 270 g/mol. The van der Waals surface area contributed by atoms with Gasteiger partial charge in [-0.2, -0.15) is 0 Å². The predicted octanol–water partition coefficient (Wildman–Crippen LogP) is 3.01. The molecule has 0 aromatic heterocycles. The van der Waals surface area contributed by atoms with Crippen molar-refractivity contribution < 1.29 is 9.53 Å². The average molecular weight is 270 g/mol. The normalized spacial score (nSPS) is 33.5. The summed E-state index contributed by atoms with van der Waals surface area (Å²) in [5, 5.41) is 0. The van der Waals surface area contributed by atoms with E-state index in [4.69, 9.17) is 10.5 Å².